The summed E-state index contributed by atoms with van der Waals surface area (Å²) in [7, 11) is 3.69. The zero-order chi connectivity index (χ0) is 33.1. The van der Waals surface area contributed by atoms with Crippen molar-refractivity contribution in [2.45, 2.75) is 24.8 Å². The number of carbonyl (C=O) groups excluding carboxylic acids is 3. The highest BCUT2D eigenvalue weighted by Gasteiger charge is 2.43. The average Bonchev–Trinajstić information content (AvgIpc) is 3.23. The first kappa shape index (κ1) is 33.5. The zero-order valence-electron chi connectivity index (χ0n) is 23.5. The van der Waals surface area contributed by atoms with Crippen LogP contribution in [0.25, 0.3) is 6.08 Å². The Kier molecular flexibility index (Phi) is 9.92. The van der Waals surface area contributed by atoms with Crippen molar-refractivity contribution in [1.29, 1.82) is 0 Å². The van der Waals surface area contributed by atoms with E-state index in [1.54, 1.807) is 24.3 Å². The molecule has 4 rings (SSSR count). The van der Waals surface area contributed by atoms with Gasteiger partial charge in [0.25, 0.3) is 5.91 Å². The maximum absolute atomic E-state index is 13.6. The quantitative estimate of drug-likeness (QED) is 0.153. The van der Waals surface area contributed by atoms with Crippen molar-refractivity contribution in [3.8, 4) is 0 Å². The molecule has 7 nitrogen and oxygen atoms in total. The van der Waals surface area contributed by atoms with Crippen LogP contribution >= 0.6 is 24.0 Å². The third-order valence-electron chi connectivity index (χ3n) is 6.52. The smallest absolute Gasteiger partial charge is 0.378 e. The molecule has 0 aliphatic carbocycles. The van der Waals surface area contributed by atoms with E-state index in [2.05, 4.69) is 10.6 Å². The van der Waals surface area contributed by atoms with E-state index in [9.17, 15) is 40.7 Å². The Morgan fingerprint density at radius 2 is 1.38 bits per heavy atom. The minimum Gasteiger partial charge on any atom is -0.378 e. The summed E-state index contributed by atoms with van der Waals surface area (Å²) < 4.78 is 81.2. The summed E-state index contributed by atoms with van der Waals surface area (Å²) in [5.41, 5.74) is -2.12. The lowest BCUT2D eigenvalue weighted by atomic mass is 10.1. The maximum Gasteiger partial charge on any atom is 0.418 e. The van der Waals surface area contributed by atoms with Gasteiger partial charge in [-0.2, -0.15) is 26.3 Å². The number of anilines is 3. The molecular formula is C30H24F6N4O3S2. The van der Waals surface area contributed by atoms with Gasteiger partial charge < -0.3 is 15.5 Å². The topological polar surface area (TPSA) is 81.8 Å². The average molecular weight is 667 g/mol. The van der Waals surface area contributed by atoms with Crippen molar-refractivity contribution in [1.82, 2.24) is 4.90 Å². The van der Waals surface area contributed by atoms with E-state index >= 15 is 0 Å². The molecule has 0 saturated carbocycles. The fraction of sp³-hybridized carbons (Fsp3) is 0.200. The molecule has 1 aliphatic heterocycles. The predicted octanol–water partition coefficient (Wildman–Crippen LogP) is 7.03. The molecule has 3 aromatic carbocycles. The summed E-state index contributed by atoms with van der Waals surface area (Å²) >= 11 is 6.14. The molecule has 2 N–H and O–H groups in total. The van der Waals surface area contributed by atoms with Crippen molar-refractivity contribution in [3.05, 3.63) is 94.4 Å². The van der Waals surface area contributed by atoms with Crippen LogP contribution in [-0.2, 0) is 26.7 Å². The molecule has 236 valence electrons. The largest absolute Gasteiger partial charge is 0.418 e. The van der Waals surface area contributed by atoms with Gasteiger partial charge in [-0.3, -0.25) is 19.3 Å². The number of carbonyl (C=O) groups is 3. The summed E-state index contributed by atoms with van der Waals surface area (Å²) in [5.74, 6) is -3.14. The second-order valence-corrected chi connectivity index (χ2v) is 11.6. The fourth-order valence-electron chi connectivity index (χ4n) is 4.34. The van der Waals surface area contributed by atoms with Crippen LogP contribution in [0.3, 0.4) is 0 Å². The Bertz CT molecular complexity index is 1660. The number of amides is 3. The second kappa shape index (κ2) is 13.3. The van der Waals surface area contributed by atoms with Crippen LogP contribution in [0.2, 0.25) is 0 Å². The van der Waals surface area contributed by atoms with E-state index < -0.39 is 65.0 Å². The Balaban J connectivity index is 1.67. The lowest BCUT2D eigenvalue weighted by molar-refractivity contribution is -0.138. The molecule has 3 amide bonds. The van der Waals surface area contributed by atoms with Gasteiger partial charge in [0.2, 0.25) is 11.8 Å². The SMILES string of the molecule is CN(C)c1ccc(/C=C2\SC(=S)N([C@H](CC(=O)Nc3ccccc3C(F)(F)F)C(=O)Nc3ccccc3C(F)(F)F)C2=O)cc1. The first-order valence-electron chi connectivity index (χ1n) is 13.0. The molecule has 1 saturated heterocycles. The lowest BCUT2D eigenvalue weighted by Gasteiger charge is -2.26. The molecular weight excluding hydrogens is 642 g/mol. The van der Waals surface area contributed by atoms with E-state index in [0.717, 1.165) is 58.7 Å². The number of alkyl halides is 6. The van der Waals surface area contributed by atoms with Gasteiger partial charge in [-0.05, 0) is 48.0 Å². The first-order valence-corrected chi connectivity index (χ1v) is 14.3. The third-order valence-corrected chi connectivity index (χ3v) is 7.85. The number of benzene rings is 3. The first-order chi connectivity index (χ1) is 21.1. The zero-order valence-corrected chi connectivity index (χ0v) is 25.1. The van der Waals surface area contributed by atoms with E-state index in [0.29, 0.717) is 5.56 Å². The number of nitrogens with one attached hydrogen (secondary N) is 2. The molecule has 1 aliphatic rings. The van der Waals surface area contributed by atoms with E-state index in [1.807, 2.05) is 19.0 Å². The molecule has 0 bridgehead atoms. The van der Waals surface area contributed by atoms with Crippen LogP contribution in [-0.4, -0.2) is 47.1 Å². The van der Waals surface area contributed by atoms with Crippen LogP contribution in [0, 0.1) is 0 Å². The Morgan fingerprint density at radius 1 is 0.867 bits per heavy atom. The summed E-state index contributed by atoms with van der Waals surface area (Å²) in [5, 5.41) is 4.21. The Labute approximate surface area is 263 Å². The number of hydrogen-bond donors (Lipinski definition) is 2. The number of para-hydroxylation sites is 2. The summed E-state index contributed by atoms with van der Waals surface area (Å²) in [6.45, 7) is 0. The van der Waals surface area contributed by atoms with Crippen LogP contribution in [0.1, 0.15) is 23.1 Å². The maximum atomic E-state index is 13.6. The molecule has 0 spiro atoms. The van der Waals surface area contributed by atoms with Crippen molar-refractivity contribution >= 4 is 69.2 Å². The number of thioether (sulfide) groups is 1. The highest BCUT2D eigenvalue weighted by atomic mass is 32.2. The van der Waals surface area contributed by atoms with Crippen molar-refractivity contribution < 1.29 is 40.7 Å². The van der Waals surface area contributed by atoms with Gasteiger partial charge in [0.05, 0.1) is 33.8 Å². The van der Waals surface area contributed by atoms with Gasteiger partial charge in [0.15, 0.2) is 0 Å². The summed E-state index contributed by atoms with van der Waals surface area (Å²) in [6.07, 6.45) is -9.12. The van der Waals surface area contributed by atoms with Crippen LogP contribution in [0.15, 0.2) is 77.7 Å². The molecule has 3 aromatic rings. The summed E-state index contributed by atoms with van der Waals surface area (Å²) in [6, 6.07) is 13.4. The molecule has 45 heavy (non-hydrogen) atoms. The number of rotatable bonds is 8. The number of nitrogens with zero attached hydrogens (tertiary/aromatic N) is 2. The third kappa shape index (κ3) is 8.02. The van der Waals surface area contributed by atoms with Gasteiger partial charge in [0.1, 0.15) is 10.4 Å². The lowest BCUT2D eigenvalue weighted by Crippen LogP contribution is -2.48. The number of hydrogen-bond acceptors (Lipinski definition) is 6. The molecule has 0 radical (unpaired) electrons. The molecule has 1 atom stereocenters. The van der Waals surface area contributed by atoms with Crippen LogP contribution in [0.4, 0.5) is 43.4 Å². The van der Waals surface area contributed by atoms with E-state index in [4.69, 9.17) is 12.2 Å². The summed E-state index contributed by atoms with van der Waals surface area (Å²) in [4.78, 5) is 42.8. The molecule has 15 heteroatoms. The molecule has 1 fully saturated rings. The Morgan fingerprint density at radius 3 is 1.89 bits per heavy atom. The molecule has 1 heterocycles. The molecule has 0 aromatic heterocycles. The van der Waals surface area contributed by atoms with Gasteiger partial charge >= 0.3 is 12.4 Å². The fourth-order valence-corrected chi connectivity index (χ4v) is 5.70. The molecule has 0 unspecified atom stereocenters. The highest BCUT2D eigenvalue weighted by molar-refractivity contribution is 8.26. The van der Waals surface area contributed by atoms with Crippen molar-refractivity contribution in [2.24, 2.45) is 0 Å². The van der Waals surface area contributed by atoms with Crippen LogP contribution in [0.5, 0.6) is 0 Å². The second-order valence-electron chi connectivity index (χ2n) is 9.88. The van der Waals surface area contributed by atoms with Gasteiger partial charge in [0, 0.05) is 19.8 Å². The Hall–Kier alpha value is -4.37. The van der Waals surface area contributed by atoms with Gasteiger partial charge in [-0.1, -0.05) is 60.4 Å². The van der Waals surface area contributed by atoms with Crippen molar-refractivity contribution in [3.63, 3.8) is 0 Å². The van der Waals surface area contributed by atoms with Gasteiger partial charge in [-0.25, -0.2) is 0 Å². The van der Waals surface area contributed by atoms with E-state index in [1.165, 1.54) is 18.2 Å². The number of thiocarbonyl (C=S) groups is 1. The predicted molar refractivity (Wildman–Crippen MR) is 164 cm³/mol. The van der Waals surface area contributed by atoms with Gasteiger partial charge in [-0.15, -0.1) is 0 Å². The highest BCUT2D eigenvalue weighted by Crippen LogP contribution is 2.38. The normalized spacial score (nSPS) is 15.3. The van der Waals surface area contributed by atoms with E-state index in [-0.39, 0.29) is 9.23 Å². The van der Waals surface area contributed by atoms with Crippen LogP contribution < -0.4 is 15.5 Å². The minimum absolute atomic E-state index is 0.0638. The minimum atomic E-state index is -4.86. The standard InChI is InChI=1S/C30H24F6N4O3S2/c1-39(2)18-13-11-17(12-14-18)15-24-27(43)40(28(44)45-24)23(26(42)38-22-10-6-4-8-20(22)30(34,35)36)16-25(41)37-21-9-5-3-7-19(21)29(31,32)33/h3-15,23H,16H2,1-2H3,(H,37,41)(H,38,42)/b24-15-/t23-/m1/s1. The van der Waals surface area contributed by atoms with Crippen molar-refractivity contribution in [2.75, 3.05) is 29.6 Å². The number of halogens is 6. The monoisotopic (exact) mass is 666 g/mol.